The van der Waals surface area contributed by atoms with E-state index in [0.29, 0.717) is 4.88 Å². The van der Waals surface area contributed by atoms with Crippen molar-refractivity contribution in [3.8, 4) is 6.07 Å². The van der Waals surface area contributed by atoms with E-state index in [9.17, 15) is 4.79 Å². The van der Waals surface area contributed by atoms with E-state index in [1.165, 1.54) is 11.3 Å². The summed E-state index contributed by atoms with van der Waals surface area (Å²) in [5, 5.41) is 10.6. The lowest BCUT2D eigenvalue weighted by molar-refractivity contribution is 0.0928. The van der Waals surface area contributed by atoms with Gasteiger partial charge in [0.15, 0.2) is 5.78 Å². The van der Waals surface area contributed by atoms with Crippen molar-refractivity contribution >= 4 is 17.1 Å². The zero-order chi connectivity index (χ0) is 9.84. The van der Waals surface area contributed by atoms with Crippen LogP contribution in [0.5, 0.6) is 0 Å². The number of carbonyl (C=O) groups excluding carboxylic acids is 1. The summed E-state index contributed by atoms with van der Waals surface area (Å²) < 4.78 is 0. The summed E-state index contributed by atoms with van der Waals surface area (Å²) in [4.78, 5) is 12.3. The SMILES string of the molecule is CC(C)C(C#N)C(=O)c1cccs1. The Morgan fingerprint density at radius 1 is 1.62 bits per heavy atom. The summed E-state index contributed by atoms with van der Waals surface area (Å²) in [6.45, 7) is 3.78. The Bertz CT molecular complexity index is 321. The van der Waals surface area contributed by atoms with Gasteiger partial charge in [-0.15, -0.1) is 11.3 Å². The summed E-state index contributed by atoms with van der Waals surface area (Å²) in [6, 6.07) is 5.64. The molecule has 1 rings (SSSR count). The van der Waals surface area contributed by atoms with Crippen LogP contribution in [0.25, 0.3) is 0 Å². The fourth-order valence-corrected chi connectivity index (χ4v) is 1.79. The quantitative estimate of drug-likeness (QED) is 0.692. The highest BCUT2D eigenvalue weighted by atomic mass is 32.1. The van der Waals surface area contributed by atoms with E-state index in [2.05, 4.69) is 0 Å². The summed E-state index contributed by atoms with van der Waals surface area (Å²) >= 11 is 1.39. The van der Waals surface area contributed by atoms with Crippen LogP contribution >= 0.6 is 11.3 Å². The molecule has 0 spiro atoms. The van der Waals surface area contributed by atoms with Gasteiger partial charge in [-0.1, -0.05) is 19.9 Å². The first-order chi connectivity index (χ1) is 6.16. The molecular weight excluding hydrogens is 182 g/mol. The van der Waals surface area contributed by atoms with E-state index in [-0.39, 0.29) is 11.7 Å². The van der Waals surface area contributed by atoms with Crippen molar-refractivity contribution in [3.05, 3.63) is 22.4 Å². The Kier molecular flexibility index (Phi) is 3.21. The second-order valence-corrected chi connectivity index (χ2v) is 4.14. The fraction of sp³-hybridized carbons (Fsp3) is 0.400. The first-order valence-electron chi connectivity index (χ1n) is 4.14. The second kappa shape index (κ2) is 4.20. The number of ketones is 1. The van der Waals surface area contributed by atoms with Crippen molar-refractivity contribution in [2.45, 2.75) is 13.8 Å². The van der Waals surface area contributed by atoms with Crippen LogP contribution in [0, 0.1) is 23.2 Å². The highest BCUT2D eigenvalue weighted by Gasteiger charge is 2.23. The van der Waals surface area contributed by atoms with Gasteiger partial charge in [-0.3, -0.25) is 4.79 Å². The fourth-order valence-electron chi connectivity index (χ4n) is 1.08. The molecule has 0 aliphatic carbocycles. The normalized spacial score (nSPS) is 12.5. The standard InChI is InChI=1S/C10H11NOS/c1-7(2)8(6-11)10(12)9-4-3-5-13-9/h3-5,7-8H,1-2H3. The lowest BCUT2D eigenvalue weighted by Gasteiger charge is -2.09. The van der Waals surface area contributed by atoms with Crippen molar-refractivity contribution < 1.29 is 4.79 Å². The monoisotopic (exact) mass is 193 g/mol. The third kappa shape index (κ3) is 2.16. The molecule has 0 fully saturated rings. The van der Waals surface area contributed by atoms with E-state index in [1.54, 1.807) is 6.07 Å². The van der Waals surface area contributed by atoms with Crippen molar-refractivity contribution in [1.82, 2.24) is 0 Å². The average Bonchev–Trinajstić information content (AvgIpc) is 2.56. The van der Waals surface area contributed by atoms with Gasteiger partial charge < -0.3 is 0 Å². The maximum atomic E-state index is 11.7. The van der Waals surface area contributed by atoms with Gasteiger partial charge in [-0.25, -0.2) is 0 Å². The third-order valence-corrected chi connectivity index (χ3v) is 2.74. The van der Waals surface area contributed by atoms with Gasteiger partial charge in [-0.05, 0) is 17.4 Å². The van der Waals surface area contributed by atoms with Crippen LogP contribution in [0.15, 0.2) is 17.5 Å². The third-order valence-electron chi connectivity index (χ3n) is 1.85. The van der Waals surface area contributed by atoms with Crippen molar-refractivity contribution in [2.75, 3.05) is 0 Å². The zero-order valence-corrected chi connectivity index (χ0v) is 8.47. The Morgan fingerprint density at radius 2 is 2.31 bits per heavy atom. The highest BCUT2D eigenvalue weighted by molar-refractivity contribution is 7.12. The number of thiophene rings is 1. The zero-order valence-electron chi connectivity index (χ0n) is 7.65. The smallest absolute Gasteiger partial charge is 0.190 e. The molecule has 1 heterocycles. The lowest BCUT2D eigenvalue weighted by atomic mass is 9.92. The molecule has 1 aromatic rings. The van der Waals surface area contributed by atoms with Gasteiger partial charge in [0.2, 0.25) is 0 Å². The molecular formula is C10H11NOS. The molecule has 68 valence electrons. The van der Waals surface area contributed by atoms with Crippen LogP contribution in [0.1, 0.15) is 23.5 Å². The minimum Gasteiger partial charge on any atom is -0.292 e. The summed E-state index contributed by atoms with van der Waals surface area (Å²) in [7, 11) is 0. The van der Waals surface area contributed by atoms with Gasteiger partial charge in [0, 0.05) is 0 Å². The molecule has 0 bridgehead atoms. The van der Waals surface area contributed by atoms with Crippen molar-refractivity contribution in [2.24, 2.45) is 11.8 Å². The molecule has 2 nitrogen and oxygen atoms in total. The van der Waals surface area contributed by atoms with Crippen LogP contribution < -0.4 is 0 Å². The first kappa shape index (κ1) is 9.94. The maximum absolute atomic E-state index is 11.7. The molecule has 0 aliphatic rings. The molecule has 0 aliphatic heterocycles. The minimum atomic E-state index is -0.501. The van der Waals surface area contributed by atoms with Gasteiger partial charge in [0.05, 0.1) is 10.9 Å². The molecule has 13 heavy (non-hydrogen) atoms. The number of Topliss-reactive ketones (excluding diaryl/α,β-unsaturated/α-hetero) is 1. The van der Waals surface area contributed by atoms with E-state index in [1.807, 2.05) is 31.4 Å². The molecule has 0 saturated carbocycles. The Labute approximate surface area is 81.8 Å². The molecule has 0 radical (unpaired) electrons. The predicted octanol–water partition coefficient (Wildman–Crippen LogP) is 2.73. The Hall–Kier alpha value is -1.14. The molecule has 0 amide bonds. The van der Waals surface area contributed by atoms with Gasteiger partial charge in [0.1, 0.15) is 5.92 Å². The summed E-state index contributed by atoms with van der Waals surface area (Å²) in [5.41, 5.74) is 0. The largest absolute Gasteiger partial charge is 0.292 e. The number of hydrogen-bond acceptors (Lipinski definition) is 3. The Morgan fingerprint density at radius 3 is 2.69 bits per heavy atom. The lowest BCUT2D eigenvalue weighted by Crippen LogP contribution is -2.17. The molecule has 0 saturated heterocycles. The van der Waals surface area contributed by atoms with Gasteiger partial charge >= 0.3 is 0 Å². The number of carbonyl (C=O) groups is 1. The van der Waals surface area contributed by atoms with Gasteiger partial charge in [-0.2, -0.15) is 5.26 Å². The maximum Gasteiger partial charge on any atom is 0.190 e. The van der Waals surface area contributed by atoms with Crippen molar-refractivity contribution in [3.63, 3.8) is 0 Å². The highest BCUT2D eigenvalue weighted by Crippen LogP contribution is 2.19. The van der Waals surface area contributed by atoms with E-state index < -0.39 is 5.92 Å². The van der Waals surface area contributed by atoms with Crippen LogP contribution in [0.4, 0.5) is 0 Å². The minimum absolute atomic E-state index is 0.0486. The number of nitrogens with zero attached hydrogens (tertiary/aromatic N) is 1. The molecule has 3 heteroatoms. The van der Waals surface area contributed by atoms with E-state index >= 15 is 0 Å². The van der Waals surface area contributed by atoms with Crippen LogP contribution in [-0.4, -0.2) is 5.78 Å². The van der Waals surface area contributed by atoms with Crippen LogP contribution in [0.2, 0.25) is 0 Å². The van der Waals surface area contributed by atoms with Crippen LogP contribution in [0.3, 0.4) is 0 Å². The molecule has 1 unspecified atom stereocenters. The average molecular weight is 193 g/mol. The van der Waals surface area contributed by atoms with Crippen LogP contribution in [-0.2, 0) is 0 Å². The van der Waals surface area contributed by atoms with E-state index in [4.69, 9.17) is 5.26 Å². The van der Waals surface area contributed by atoms with Crippen molar-refractivity contribution in [1.29, 1.82) is 5.26 Å². The topological polar surface area (TPSA) is 40.9 Å². The molecule has 0 N–H and O–H groups in total. The summed E-state index contributed by atoms with van der Waals surface area (Å²) in [6.07, 6.45) is 0. The molecule has 0 aromatic carbocycles. The number of nitriles is 1. The number of hydrogen-bond donors (Lipinski definition) is 0. The Balaban J connectivity index is 2.85. The number of rotatable bonds is 3. The molecule has 1 aromatic heterocycles. The van der Waals surface area contributed by atoms with E-state index in [0.717, 1.165) is 0 Å². The predicted molar refractivity (Wildman–Crippen MR) is 52.6 cm³/mol. The second-order valence-electron chi connectivity index (χ2n) is 3.19. The molecule has 1 atom stereocenters. The summed E-state index contributed by atoms with van der Waals surface area (Å²) in [5.74, 6) is -0.467. The first-order valence-corrected chi connectivity index (χ1v) is 5.02. The van der Waals surface area contributed by atoms with Gasteiger partial charge in [0.25, 0.3) is 0 Å².